The lowest BCUT2D eigenvalue weighted by Crippen LogP contribution is -2.23. The molecule has 0 atom stereocenters. The Labute approximate surface area is 184 Å². The molecule has 3 aromatic carbocycles. The second-order valence-corrected chi connectivity index (χ2v) is 7.03. The third kappa shape index (κ3) is 4.99. The van der Waals surface area contributed by atoms with Gasteiger partial charge in [0, 0.05) is 30.6 Å². The van der Waals surface area contributed by atoms with Crippen LogP contribution in [0.4, 0.5) is 5.69 Å². The van der Waals surface area contributed by atoms with Crippen molar-refractivity contribution in [3.05, 3.63) is 118 Å². The summed E-state index contributed by atoms with van der Waals surface area (Å²) >= 11 is 0. The first-order valence-electron chi connectivity index (χ1n) is 9.91. The zero-order chi connectivity index (χ0) is 22.3. The van der Waals surface area contributed by atoms with Gasteiger partial charge in [-0.15, -0.1) is 0 Å². The highest BCUT2D eigenvalue weighted by Gasteiger charge is 2.18. The van der Waals surface area contributed by atoms with E-state index in [1.807, 2.05) is 54.6 Å². The summed E-state index contributed by atoms with van der Waals surface area (Å²) in [7, 11) is 0. The van der Waals surface area contributed by atoms with Crippen molar-refractivity contribution in [1.82, 2.24) is 14.9 Å². The van der Waals surface area contributed by atoms with Crippen molar-refractivity contribution in [3.63, 3.8) is 0 Å². The van der Waals surface area contributed by atoms with Gasteiger partial charge in [0.1, 0.15) is 18.0 Å². The van der Waals surface area contributed by atoms with Crippen LogP contribution in [0.15, 0.2) is 91.5 Å². The molecular formula is C24H20N4O4. The zero-order valence-electron chi connectivity index (χ0n) is 17.0. The number of imidazole rings is 1. The molecule has 0 saturated heterocycles. The van der Waals surface area contributed by atoms with Crippen molar-refractivity contribution >= 4 is 11.6 Å². The minimum absolute atomic E-state index is 0.171. The Morgan fingerprint density at radius 3 is 2.59 bits per heavy atom. The fraction of sp³-hybridized carbons (Fsp3) is 0.0833. The lowest BCUT2D eigenvalue weighted by atomic mass is 10.1. The topological polar surface area (TPSA) is 99.3 Å². The zero-order valence-corrected chi connectivity index (χ0v) is 17.0. The molecule has 0 aliphatic heterocycles. The van der Waals surface area contributed by atoms with Gasteiger partial charge in [-0.05, 0) is 35.4 Å². The molecule has 0 unspecified atom stereocenters. The number of nitro benzene ring substituents is 1. The minimum atomic E-state index is -0.512. The van der Waals surface area contributed by atoms with Gasteiger partial charge in [0.25, 0.3) is 11.6 Å². The van der Waals surface area contributed by atoms with Crippen LogP contribution in [0.25, 0.3) is 5.69 Å². The average molecular weight is 428 g/mol. The summed E-state index contributed by atoms with van der Waals surface area (Å²) in [6.45, 7) is 0.697. The molecule has 0 aliphatic carbocycles. The van der Waals surface area contributed by atoms with Gasteiger partial charge < -0.3 is 14.6 Å². The van der Waals surface area contributed by atoms with Crippen LogP contribution in [0.3, 0.4) is 0 Å². The van der Waals surface area contributed by atoms with E-state index in [1.54, 1.807) is 12.3 Å². The van der Waals surface area contributed by atoms with Gasteiger partial charge >= 0.3 is 0 Å². The van der Waals surface area contributed by atoms with E-state index in [2.05, 4.69) is 10.3 Å². The van der Waals surface area contributed by atoms with Gasteiger partial charge in [-0.25, -0.2) is 4.98 Å². The first-order chi connectivity index (χ1) is 15.6. The molecule has 0 spiro atoms. The summed E-state index contributed by atoms with van der Waals surface area (Å²) in [5, 5.41) is 14.3. The number of carbonyl (C=O) groups is 1. The first kappa shape index (κ1) is 20.8. The number of nitro groups is 1. The van der Waals surface area contributed by atoms with Crippen LogP contribution in [0.1, 0.15) is 21.5 Å². The van der Waals surface area contributed by atoms with E-state index in [9.17, 15) is 14.9 Å². The van der Waals surface area contributed by atoms with Crippen LogP contribution in [0, 0.1) is 10.1 Å². The molecule has 4 rings (SSSR count). The molecule has 0 radical (unpaired) electrons. The summed E-state index contributed by atoms with van der Waals surface area (Å²) in [6.07, 6.45) is 4.61. The molecule has 0 saturated carbocycles. The number of hydrogen-bond acceptors (Lipinski definition) is 5. The largest absolute Gasteiger partial charge is 0.489 e. The van der Waals surface area contributed by atoms with Crippen molar-refractivity contribution in [3.8, 4) is 11.4 Å². The molecular weight excluding hydrogens is 408 g/mol. The molecule has 160 valence electrons. The first-order valence-corrected chi connectivity index (χ1v) is 9.91. The Balaban J connectivity index is 1.41. The summed E-state index contributed by atoms with van der Waals surface area (Å²) in [5.41, 5.74) is 2.26. The molecule has 0 aliphatic rings. The Kier molecular flexibility index (Phi) is 6.22. The number of hydrogen-bond donors (Lipinski definition) is 1. The van der Waals surface area contributed by atoms with Gasteiger partial charge in [-0.3, -0.25) is 14.9 Å². The number of nitrogens with zero attached hydrogens (tertiary/aromatic N) is 3. The van der Waals surface area contributed by atoms with Gasteiger partial charge in [0.15, 0.2) is 0 Å². The standard InChI is InChI=1S/C24H20N4O4/c29-24(20-9-10-22(23(14-20)28(30)31)27-12-11-25-17-27)26-15-18-5-4-6-19(13-18)16-32-21-7-2-1-3-8-21/h1-14,17H,15-16H2,(H,26,29). The molecule has 0 bridgehead atoms. The van der Waals surface area contributed by atoms with Crippen molar-refractivity contribution in [2.45, 2.75) is 13.2 Å². The normalized spacial score (nSPS) is 10.5. The Morgan fingerprint density at radius 2 is 1.84 bits per heavy atom. The van der Waals surface area contributed by atoms with Crippen molar-refractivity contribution in [1.29, 1.82) is 0 Å². The Morgan fingerprint density at radius 1 is 1.03 bits per heavy atom. The van der Waals surface area contributed by atoms with E-state index in [0.717, 1.165) is 16.9 Å². The van der Waals surface area contributed by atoms with Crippen LogP contribution < -0.4 is 10.1 Å². The molecule has 8 heteroatoms. The van der Waals surface area contributed by atoms with Crippen LogP contribution in [-0.2, 0) is 13.2 Å². The highest BCUT2D eigenvalue weighted by Crippen LogP contribution is 2.24. The van der Waals surface area contributed by atoms with E-state index < -0.39 is 10.8 Å². The summed E-state index contributed by atoms with van der Waals surface area (Å²) in [5.74, 6) is 0.392. The lowest BCUT2D eigenvalue weighted by Gasteiger charge is -2.10. The monoisotopic (exact) mass is 428 g/mol. The Hall–Kier alpha value is -4.46. The minimum Gasteiger partial charge on any atom is -0.489 e. The molecule has 1 N–H and O–H groups in total. The van der Waals surface area contributed by atoms with Crippen LogP contribution in [0.5, 0.6) is 5.75 Å². The van der Waals surface area contributed by atoms with Crippen molar-refractivity contribution in [2.75, 3.05) is 0 Å². The van der Waals surface area contributed by atoms with E-state index in [0.29, 0.717) is 12.3 Å². The van der Waals surface area contributed by atoms with Gasteiger partial charge in [0.05, 0.1) is 11.3 Å². The molecule has 8 nitrogen and oxygen atoms in total. The third-order valence-electron chi connectivity index (χ3n) is 4.81. The van der Waals surface area contributed by atoms with Crippen LogP contribution in [0.2, 0.25) is 0 Å². The maximum Gasteiger partial charge on any atom is 0.294 e. The fourth-order valence-electron chi connectivity index (χ4n) is 3.23. The number of carbonyl (C=O) groups excluding carboxylic acids is 1. The molecule has 4 aromatic rings. The molecule has 1 aromatic heterocycles. The predicted molar refractivity (Wildman–Crippen MR) is 119 cm³/mol. The lowest BCUT2D eigenvalue weighted by molar-refractivity contribution is -0.384. The van der Waals surface area contributed by atoms with Gasteiger partial charge in [-0.1, -0.05) is 42.5 Å². The quantitative estimate of drug-likeness (QED) is 0.333. The average Bonchev–Trinajstić information content (AvgIpc) is 3.36. The van der Waals surface area contributed by atoms with Crippen molar-refractivity contribution in [2.24, 2.45) is 0 Å². The predicted octanol–water partition coefficient (Wildman–Crippen LogP) is 4.29. The van der Waals surface area contributed by atoms with Crippen LogP contribution >= 0.6 is 0 Å². The molecule has 1 amide bonds. The van der Waals surface area contributed by atoms with E-state index in [-0.39, 0.29) is 17.8 Å². The van der Waals surface area contributed by atoms with Crippen molar-refractivity contribution < 1.29 is 14.5 Å². The van der Waals surface area contributed by atoms with Crippen LogP contribution in [-0.4, -0.2) is 20.4 Å². The summed E-state index contributed by atoms with van der Waals surface area (Å²) < 4.78 is 7.29. The number of aromatic nitrogens is 2. The number of nitrogens with one attached hydrogen (secondary N) is 1. The number of ether oxygens (including phenoxy) is 1. The van der Waals surface area contributed by atoms with Gasteiger partial charge in [0.2, 0.25) is 0 Å². The second-order valence-electron chi connectivity index (χ2n) is 7.03. The number of rotatable bonds is 8. The number of benzene rings is 3. The maximum absolute atomic E-state index is 12.6. The SMILES string of the molecule is O=C(NCc1cccc(COc2ccccc2)c1)c1ccc(-n2ccnc2)c([N+](=O)[O-])c1. The van der Waals surface area contributed by atoms with E-state index in [1.165, 1.54) is 29.2 Å². The third-order valence-corrected chi connectivity index (χ3v) is 4.81. The molecule has 32 heavy (non-hydrogen) atoms. The maximum atomic E-state index is 12.6. The van der Waals surface area contributed by atoms with E-state index in [4.69, 9.17) is 4.74 Å². The summed E-state index contributed by atoms with van der Waals surface area (Å²) in [4.78, 5) is 27.5. The molecule has 1 heterocycles. The Bertz CT molecular complexity index is 1220. The molecule has 0 fully saturated rings. The summed E-state index contributed by atoms with van der Waals surface area (Å²) in [6, 6.07) is 21.6. The highest BCUT2D eigenvalue weighted by atomic mass is 16.6. The number of amides is 1. The highest BCUT2D eigenvalue weighted by molar-refractivity contribution is 5.95. The number of para-hydroxylation sites is 1. The smallest absolute Gasteiger partial charge is 0.294 e. The van der Waals surface area contributed by atoms with Gasteiger partial charge in [-0.2, -0.15) is 0 Å². The second kappa shape index (κ2) is 9.57. The van der Waals surface area contributed by atoms with E-state index >= 15 is 0 Å². The fourth-order valence-corrected chi connectivity index (χ4v) is 3.23.